The van der Waals surface area contributed by atoms with E-state index < -0.39 is 15.4 Å². The van der Waals surface area contributed by atoms with Crippen LogP contribution in [0.3, 0.4) is 0 Å². The van der Waals surface area contributed by atoms with Crippen LogP contribution in [0.15, 0.2) is 36.9 Å². The Bertz CT molecular complexity index is 898. The van der Waals surface area contributed by atoms with E-state index in [2.05, 4.69) is 6.58 Å². The summed E-state index contributed by atoms with van der Waals surface area (Å²) in [6.07, 6.45) is 7.21. The first kappa shape index (κ1) is 24.3. The monoisotopic (exact) mass is 466 g/mol. The zero-order valence-corrected chi connectivity index (χ0v) is 20.5. The fraction of sp³-hybridized carbons (Fsp3) is 0.625. The molecule has 1 aliphatic carbocycles. The van der Waals surface area contributed by atoms with E-state index in [-0.39, 0.29) is 23.2 Å². The topological polar surface area (TPSA) is 57.7 Å². The highest BCUT2D eigenvalue weighted by Gasteiger charge is 2.47. The van der Waals surface area contributed by atoms with Crippen molar-refractivity contribution in [3.63, 3.8) is 0 Å². The van der Waals surface area contributed by atoms with E-state index in [9.17, 15) is 13.2 Å². The molecule has 0 bridgehead atoms. The summed E-state index contributed by atoms with van der Waals surface area (Å²) in [5, 5.41) is 0.410. The Morgan fingerprint density at radius 2 is 1.94 bits per heavy atom. The summed E-state index contributed by atoms with van der Waals surface area (Å²) in [5.74, 6) is 0.115. The predicted octanol–water partition coefficient (Wildman–Crippen LogP) is 5.18. The van der Waals surface area contributed by atoms with Crippen LogP contribution in [-0.4, -0.2) is 48.4 Å². The molecule has 1 saturated heterocycles. The summed E-state index contributed by atoms with van der Waals surface area (Å²) in [6, 6.07) is 7.41. The van der Waals surface area contributed by atoms with Crippen molar-refractivity contribution >= 4 is 27.5 Å². The van der Waals surface area contributed by atoms with Crippen LogP contribution in [0.1, 0.15) is 70.4 Å². The molecule has 3 rings (SSSR count). The number of carbonyl (C=O) groups is 1. The van der Waals surface area contributed by atoms with Gasteiger partial charge in [0.2, 0.25) is 15.9 Å². The molecule has 1 heterocycles. The summed E-state index contributed by atoms with van der Waals surface area (Å²) in [6.45, 7) is 8.22. The molecule has 5 nitrogen and oxygen atoms in total. The molecule has 1 aliphatic heterocycles. The number of likely N-dealkylation sites (N-methyl/N-ethyl adjacent to an activating group) is 1. The summed E-state index contributed by atoms with van der Waals surface area (Å²) < 4.78 is 27.0. The van der Waals surface area contributed by atoms with Crippen LogP contribution in [0.25, 0.3) is 0 Å². The van der Waals surface area contributed by atoms with Crippen molar-refractivity contribution < 1.29 is 13.2 Å². The first-order chi connectivity index (χ1) is 14.6. The van der Waals surface area contributed by atoms with Gasteiger partial charge >= 0.3 is 0 Å². The first-order valence-electron chi connectivity index (χ1n) is 11.3. The average Bonchev–Trinajstić information content (AvgIpc) is 3.59. The second kappa shape index (κ2) is 9.63. The van der Waals surface area contributed by atoms with E-state index in [1.807, 2.05) is 49.1 Å². The third kappa shape index (κ3) is 5.18. The van der Waals surface area contributed by atoms with Crippen LogP contribution in [-0.2, 0) is 14.8 Å². The van der Waals surface area contributed by atoms with E-state index in [4.69, 9.17) is 11.6 Å². The molecule has 2 fully saturated rings. The fourth-order valence-electron chi connectivity index (χ4n) is 4.67. The highest BCUT2D eigenvalue weighted by Crippen LogP contribution is 2.45. The number of piperidine rings is 1. The van der Waals surface area contributed by atoms with Crippen LogP contribution in [0, 0.1) is 5.41 Å². The summed E-state index contributed by atoms with van der Waals surface area (Å²) in [7, 11) is -1.64. The van der Waals surface area contributed by atoms with E-state index in [0.717, 1.165) is 44.1 Å². The highest BCUT2D eigenvalue weighted by atomic mass is 35.5. The summed E-state index contributed by atoms with van der Waals surface area (Å²) in [4.78, 5) is 15.9. The maximum Gasteiger partial charge on any atom is 0.229 e. The largest absolute Gasteiger partial charge is 0.331 e. The lowest BCUT2D eigenvalue weighted by molar-refractivity contribution is -0.153. The SMILES string of the molecule is C=CCCC1(C)CC[C@@H](c2ccc(Cl)cc2)N(C(CC)CN(C)S(=O)(=O)C2CC2)C1=O. The number of hydrogen-bond donors (Lipinski definition) is 0. The number of likely N-dealkylation sites (tertiary alicyclic amines) is 1. The molecule has 1 amide bonds. The van der Waals surface area contributed by atoms with Gasteiger partial charge in [-0.25, -0.2) is 12.7 Å². The molecule has 0 aromatic heterocycles. The average molecular weight is 467 g/mol. The smallest absolute Gasteiger partial charge is 0.229 e. The number of nitrogens with zero attached hydrogens (tertiary/aromatic N) is 2. The molecule has 31 heavy (non-hydrogen) atoms. The molecule has 2 aliphatic rings. The number of allylic oxidation sites excluding steroid dienone is 1. The van der Waals surface area contributed by atoms with Gasteiger partial charge < -0.3 is 4.90 Å². The number of benzene rings is 1. The molecule has 2 unspecified atom stereocenters. The van der Waals surface area contributed by atoms with E-state index >= 15 is 0 Å². The Morgan fingerprint density at radius 3 is 2.48 bits per heavy atom. The third-order valence-corrected chi connectivity index (χ3v) is 9.51. The minimum absolute atomic E-state index is 0.0800. The molecule has 0 spiro atoms. The van der Waals surface area contributed by atoms with Gasteiger partial charge in [0.15, 0.2) is 0 Å². The van der Waals surface area contributed by atoms with Crippen molar-refractivity contribution in [1.29, 1.82) is 0 Å². The molecule has 1 aromatic rings. The molecule has 1 saturated carbocycles. The van der Waals surface area contributed by atoms with Crippen LogP contribution >= 0.6 is 11.6 Å². The first-order valence-corrected chi connectivity index (χ1v) is 13.2. The van der Waals surface area contributed by atoms with Crippen molar-refractivity contribution in [2.24, 2.45) is 5.41 Å². The van der Waals surface area contributed by atoms with Crippen molar-refractivity contribution in [2.75, 3.05) is 13.6 Å². The van der Waals surface area contributed by atoms with Gasteiger partial charge in [0.1, 0.15) is 0 Å². The minimum atomic E-state index is -3.29. The Hall–Kier alpha value is -1.37. The lowest BCUT2D eigenvalue weighted by atomic mass is 9.73. The number of halogens is 1. The zero-order valence-electron chi connectivity index (χ0n) is 18.9. The van der Waals surface area contributed by atoms with E-state index in [0.29, 0.717) is 18.0 Å². The van der Waals surface area contributed by atoms with Gasteiger partial charge in [0, 0.05) is 30.1 Å². The number of sulfonamides is 1. The number of carbonyl (C=O) groups excluding carboxylic acids is 1. The van der Waals surface area contributed by atoms with Crippen LogP contribution in [0.4, 0.5) is 0 Å². The van der Waals surface area contributed by atoms with Gasteiger partial charge in [0.25, 0.3) is 0 Å². The van der Waals surface area contributed by atoms with Gasteiger partial charge in [0.05, 0.1) is 11.3 Å². The Morgan fingerprint density at radius 1 is 1.29 bits per heavy atom. The Kier molecular flexibility index (Phi) is 7.54. The molecule has 172 valence electrons. The predicted molar refractivity (Wildman–Crippen MR) is 126 cm³/mol. The second-order valence-corrected chi connectivity index (χ2v) is 12.0. The standard InChI is InChI=1S/C24H35ClN2O3S/c1-5-7-15-24(3)16-14-22(18-8-10-19(25)11-9-18)27(23(24)28)20(6-2)17-26(4)31(29,30)21-12-13-21/h5,8-11,20-22H,1,6-7,12-17H2,2-4H3/t20?,22-,24?/m0/s1. The van der Waals surface area contributed by atoms with E-state index in [1.54, 1.807) is 7.05 Å². The lowest BCUT2D eigenvalue weighted by Gasteiger charge is -2.49. The second-order valence-electron chi connectivity index (χ2n) is 9.29. The molecule has 1 aromatic carbocycles. The van der Waals surface area contributed by atoms with Crippen LogP contribution in [0.2, 0.25) is 5.02 Å². The number of amides is 1. The molecule has 0 N–H and O–H groups in total. The van der Waals surface area contributed by atoms with Crippen molar-refractivity contribution in [1.82, 2.24) is 9.21 Å². The molecule has 7 heteroatoms. The summed E-state index contributed by atoms with van der Waals surface area (Å²) in [5.41, 5.74) is 0.591. The van der Waals surface area contributed by atoms with Crippen LogP contribution in [0.5, 0.6) is 0 Å². The maximum atomic E-state index is 13.9. The third-order valence-electron chi connectivity index (χ3n) is 6.92. The molecule has 0 radical (unpaired) electrons. The van der Waals surface area contributed by atoms with E-state index in [1.165, 1.54) is 4.31 Å². The Labute approximate surface area is 192 Å². The van der Waals surface area contributed by atoms with Crippen molar-refractivity contribution in [3.05, 3.63) is 47.5 Å². The number of rotatable bonds is 10. The fourth-order valence-corrected chi connectivity index (χ4v) is 6.42. The maximum absolute atomic E-state index is 13.9. The summed E-state index contributed by atoms with van der Waals surface area (Å²) >= 11 is 6.10. The van der Waals surface area contributed by atoms with Gasteiger partial charge in [-0.15, -0.1) is 6.58 Å². The minimum Gasteiger partial charge on any atom is -0.331 e. The van der Waals surface area contributed by atoms with Gasteiger partial charge in [-0.2, -0.15) is 0 Å². The molecular weight excluding hydrogens is 432 g/mol. The van der Waals surface area contributed by atoms with Gasteiger partial charge in [-0.1, -0.05) is 43.7 Å². The highest BCUT2D eigenvalue weighted by molar-refractivity contribution is 7.90. The van der Waals surface area contributed by atoms with Gasteiger partial charge in [-0.05, 0) is 62.6 Å². The van der Waals surface area contributed by atoms with Crippen LogP contribution < -0.4 is 0 Å². The molecular formula is C24H35ClN2O3S. The zero-order chi connectivity index (χ0) is 22.8. The number of hydrogen-bond acceptors (Lipinski definition) is 3. The quantitative estimate of drug-likeness (QED) is 0.446. The molecule has 3 atom stereocenters. The lowest BCUT2D eigenvalue weighted by Crippen LogP contribution is -2.56. The van der Waals surface area contributed by atoms with Crippen molar-refractivity contribution in [2.45, 2.75) is 76.1 Å². The van der Waals surface area contributed by atoms with Gasteiger partial charge in [-0.3, -0.25) is 4.79 Å². The Balaban J connectivity index is 1.93. The van der Waals surface area contributed by atoms with Crippen molar-refractivity contribution in [3.8, 4) is 0 Å². The normalized spacial score (nSPS) is 25.6.